The van der Waals surface area contributed by atoms with Crippen molar-refractivity contribution in [2.75, 3.05) is 40.0 Å². The summed E-state index contributed by atoms with van der Waals surface area (Å²) in [6, 6.07) is 7.61. The van der Waals surface area contributed by atoms with Crippen LogP contribution in [-0.2, 0) is 16.6 Å². The zero-order chi connectivity index (χ0) is 20.4. The summed E-state index contributed by atoms with van der Waals surface area (Å²) < 4.78 is 18.3. The van der Waals surface area contributed by atoms with E-state index in [-0.39, 0.29) is 12.5 Å². The lowest BCUT2D eigenvalue weighted by molar-refractivity contribution is -0.137. The van der Waals surface area contributed by atoms with Crippen LogP contribution in [-0.4, -0.2) is 65.6 Å². The SMILES string of the molecule is COc1cc(-c2cc(C)c3cn(C)nc3n2)ccc1OCC(=O)N1CCOCC1. The van der Waals surface area contributed by atoms with Crippen LogP contribution in [0.1, 0.15) is 5.56 Å². The van der Waals surface area contributed by atoms with Gasteiger partial charge in [0.1, 0.15) is 0 Å². The number of benzene rings is 1. The van der Waals surface area contributed by atoms with Crippen molar-refractivity contribution in [3.05, 3.63) is 36.0 Å². The lowest BCUT2D eigenvalue weighted by Gasteiger charge is -2.26. The van der Waals surface area contributed by atoms with Gasteiger partial charge in [-0.05, 0) is 36.8 Å². The summed E-state index contributed by atoms with van der Waals surface area (Å²) in [4.78, 5) is 18.7. The molecule has 1 fully saturated rings. The van der Waals surface area contributed by atoms with Crippen LogP contribution in [0.3, 0.4) is 0 Å². The second kappa shape index (κ2) is 8.08. The molecule has 0 N–H and O–H groups in total. The van der Waals surface area contributed by atoms with Crippen LogP contribution in [0.25, 0.3) is 22.3 Å². The number of rotatable bonds is 5. The Morgan fingerprint density at radius 1 is 1.21 bits per heavy atom. The molecule has 152 valence electrons. The molecule has 1 aliphatic rings. The van der Waals surface area contributed by atoms with E-state index in [0.29, 0.717) is 43.4 Å². The number of hydrogen-bond acceptors (Lipinski definition) is 6. The first-order valence-corrected chi connectivity index (χ1v) is 9.53. The van der Waals surface area contributed by atoms with E-state index in [2.05, 4.69) is 10.1 Å². The number of fused-ring (bicyclic) bond motifs is 1. The smallest absolute Gasteiger partial charge is 0.260 e. The molecule has 3 heterocycles. The Bertz CT molecular complexity index is 1040. The molecule has 0 unspecified atom stereocenters. The summed E-state index contributed by atoms with van der Waals surface area (Å²) in [5.41, 5.74) is 3.51. The molecule has 3 aromatic rings. The van der Waals surface area contributed by atoms with Crippen LogP contribution in [0.5, 0.6) is 11.5 Å². The molecule has 8 nitrogen and oxygen atoms in total. The molecule has 0 radical (unpaired) electrons. The normalized spacial score (nSPS) is 14.2. The maximum Gasteiger partial charge on any atom is 0.260 e. The fraction of sp³-hybridized carbons (Fsp3) is 0.381. The molecule has 2 aromatic heterocycles. The molecule has 0 spiro atoms. The topological polar surface area (TPSA) is 78.7 Å². The maximum absolute atomic E-state index is 12.3. The number of carbonyl (C=O) groups excluding carboxylic acids is 1. The lowest BCUT2D eigenvalue weighted by Crippen LogP contribution is -2.43. The van der Waals surface area contributed by atoms with Crippen molar-refractivity contribution in [3.8, 4) is 22.8 Å². The van der Waals surface area contributed by atoms with Gasteiger partial charge in [0.05, 0.1) is 26.0 Å². The zero-order valence-electron chi connectivity index (χ0n) is 16.8. The number of pyridine rings is 1. The average Bonchev–Trinajstić information content (AvgIpc) is 3.13. The molecular weight excluding hydrogens is 372 g/mol. The number of amides is 1. The van der Waals surface area contributed by atoms with Gasteiger partial charge in [-0.3, -0.25) is 9.48 Å². The highest BCUT2D eigenvalue weighted by atomic mass is 16.5. The third kappa shape index (κ3) is 4.02. The minimum absolute atomic E-state index is 0.0348. The molecule has 1 saturated heterocycles. The third-order valence-corrected chi connectivity index (χ3v) is 4.99. The molecule has 0 atom stereocenters. The molecule has 1 aromatic carbocycles. The van der Waals surface area contributed by atoms with Gasteiger partial charge in [-0.15, -0.1) is 0 Å². The number of aryl methyl sites for hydroxylation is 2. The molecule has 4 rings (SSSR count). The quantitative estimate of drug-likeness (QED) is 0.658. The van der Waals surface area contributed by atoms with Gasteiger partial charge in [0.25, 0.3) is 5.91 Å². The van der Waals surface area contributed by atoms with Crippen LogP contribution in [0, 0.1) is 6.92 Å². The van der Waals surface area contributed by atoms with Crippen molar-refractivity contribution >= 4 is 16.9 Å². The standard InChI is InChI=1S/C21H24N4O4/c1-14-10-17(22-21-16(14)12-24(2)23-21)15-4-5-18(19(11-15)27-3)29-13-20(26)25-6-8-28-9-7-25/h4-5,10-12H,6-9,13H2,1-3H3. The molecule has 29 heavy (non-hydrogen) atoms. The van der Waals surface area contributed by atoms with Crippen molar-refractivity contribution < 1.29 is 19.0 Å². The first-order valence-electron chi connectivity index (χ1n) is 9.53. The van der Waals surface area contributed by atoms with Crippen molar-refractivity contribution in [2.24, 2.45) is 7.05 Å². The van der Waals surface area contributed by atoms with Crippen LogP contribution >= 0.6 is 0 Å². The number of carbonyl (C=O) groups is 1. The average molecular weight is 396 g/mol. The second-order valence-electron chi connectivity index (χ2n) is 7.01. The molecular formula is C21H24N4O4. The Labute approximate surface area is 169 Å². The molecule has 8 heteroatoms. The van der Waals surface area contributed by atoms with E-state index in [1.54, 1.807) is 22.8 Å². The van der Waals surface area contributed by atoms with E-state index in [9.17, 15) is 4.79 Å². The maximum atomic E-state index is 12.3. The predicted octanol–water partition coefficient (Wildman–Crippen LogP) is 2.19. The van der Waals surface area contributed by atoms with Crippen molar-refractivity contribution in [3.63, 3.8) is 0 Å². The molecule has 1 amide bonds. The lowest BCUT2D eigenvalue weighted by atomic mass is 10.1. The molecule has 0 aliphatic carbocycles. The van der Waals surface area contributed by atoms with Crippen LogP contribution < -0.4 is 9.47 Å². The van der Waals surface area contributed by atoms with Crippen LogP contribution in [0.4, 0.5) is 0 Å². The largest absolute Gasteiger partial charge is 0.493 e. The summed E-state index contributed by atoms with van der Waals surface area (Å²) in [6.07, 6.45) is 1.96. The first kappa shape index (κ1) is 19.2. The van der Waals surface area contributed by atoms with E-state index < -0.39 is 0 Å². The van der Waals surface area contributed by atoms with E-state index in [4.69, 9.17) is 14.2 Å². The van der Waals surface area contributed by atoms with Crippen molar-refractivity contribution in [2.45, 2.75) is 6.92 Å². The Hall–Kier alpha value is -3.13. The van der Waals surface area contributed by atoms with Crippen molar-refractivity contribution in [1.29, 1.82) is 0 Å². The minimum Gasteiger partial charge on any atom is -0.493 e. The number of ether oxygens (including phenoxy) is 3. The fourth-order valence-corrected chi connectivity index (χ4v) is 3.40. The summed E-state index contributed by atoms with van der Waals surface area (Å²) in [5.74, 6) is 1.02. The zero-order valence-corrected chi connectivity index (χ0v) is 16.8. The van der Waals surface area contributed by atoms with E-state index in [0.717, 1.165) is 22.2 Å². The van der Waals surface area contributed by atoms with Crippen LogP contribution in [0.2, 0.25) is 0 Å². The van der Waals surface area contributed by atoms with Gasteiger partial charge in [0.15, 0.2) is 23.8 Å². The Kier molecular flexibility index (Phi) is 5.35. The predicted molar refractivity (Wildman–Crippen MR) is 108 cm³/mol. The first-order chi connectivity index (χ1) is 14.0. The van der Waals surface area contributed by atoms with Gasteiger partial charge in [0.2, 0.25) is 0 Å². The van der Waals surface area contributed by atoms with Crippen LogP contribution in [0.15, 0.2) is 30.5 Å². The highest BCUT2D eigenvalue weighted by Gasteiger charge is 2.18. The third-order valence-electron chi connectivity index (χ3n) is 4.99. The van der Waals surface area contributed by atoms with E-state index in [1.165, 1.54) is 0 Å². The highest BCUT2D eigenvalue weighted by molar-refractivity contribution is 5.82. The molecule has 0 saturated carbocycles. The number of methoxy groups -OCH3 is 1. The molecule has 1 aliphatic heterocycles. The van der Waals surface area contributed by atoms with E-state index >= 15 is 0 Å². The summed E-state index contributed by atoms with van der Waals surface area (Å²) in [6.45, 7) is 4.33. The van der Waals surface area contributed by atoms with Gasteiger partial charge >= 0.3 is 0 Å². The Morgan fingerprint density at radius 2 is 2.00 bits per heavy atom. The Balaban J connectivity index is 1.54. The van der Waals surface area contributed by atoms with E-state index in [1.807, 2.05) is 38.4 Å². The monoisotopic (exact) mass is 396 g/mol. The van der Waals surface area contributed by atoms with Gasteiger partial charge in [-0.1, -0.05) is 0 Å². The van der Waals surface area contributed by atoms with Gasteiger partial charge in [0, 0.05) is 37.3 Å². The number of aromatic nitrogens is 3. The summed E-state index contributed by atoms with van der Waals surface area (Å²) in [5, 5.41) is 5.44. The number of morpholine rings is 1. The highest BCUT2D eigenvalue weighted by Crippen LogP contribution is 2.33. The number of hydrogen-bond donors (Lipinski definition) is 0. The second-order valence-corrected chi connectivity index (χ2v) is 7.01. The summed E-state index contributed by atoms with van der Waals surface area (Å²) in [7, 11) is 3.46. The molecule has 0 bridgehead atoms. The minimum atomic E-state index is -0.0580. The summed E-state index contributed by atoms with van der Waals surface area (Å²) >= 11 is 0. The van der Waals surface area contributed by atoms with Gasteiger partial charge in [-0.25, -0.2) is 4.98 Å². The van der Waals surface area contributed by atoms with Crippen molar-refractivity contribution in [1.82, 2.24) is 19.7 Å². The fourth-order valence-electron chi connectivity index (χ4n) is 3.40. The van der Waals surface area contributed by atoms with Gasteiger partial charge in [-0.2, -0.15) is 5.10 Å². The van der Waals surface area contributed by atoms with Gasteiger partial charge < -0.3 is 19.1 Å². The Morgan fingerprint density at radius 3 is 2.76 bits per heavy atom. The number of nitrogens with zero attached hydrogens (tertiary/aromatic N) is 4.